The molecule has 0 aromatic rings. The number of carboxylic acid groups (broad SMARTS) is 6. The van der Waals surface area contributed by atoms with Crippen LogP contribution in [0.2, 0.25) is 0 Å². The molecule has 0 N–H and O–H groups in total. The summed E-state index contributed by atoms with van der Waals surface area (Å²) in [6, 6.07) is 0. The molecule has 0 spiro atoms. The van der Waals surface area contributed by atoms with Gasteiger partial charge in [0.2, 0.25) is 0 Å². The molecule has 0 saturated heterocycles. The number of carbonyl (C=O) groups excluding carboxylic acids is 6. The Bertz CT molecular complexity index is 811. The van der Waals surface area contributed by atoms with Crippen LogP contribution in [-0.4, -0.2) is 35.8 Å². The van der Waals surface area contributed by atoms with Crippen molar-refractivity contribution in [1.82, 2.24) is 0 Å². The molecule has 14 heteroatoms. The number of hydrogen-bond acceptors (Lipinski definition) is 12. The molecule has 62 heavy (non-hydrogen) atoms. The van der Waals surface area contributed by atoms with Crippen LogP contribution in [0.5, 0.6) is 0 Å². The topological polar surface area (TPSA) is 241 Å². The number of hydrogen-bond donors (Lipinski definition) is 0. The monoisotopic (exact) mass is 1140 g/mol. The van der Waals surface area contributed by atoms with Crippen molar-refractivity contribution in [2.75, 3.05) is 0 Å². The van der Waals surface area contributed by atoms with E-state index in [2.05, 4.69) is 41.5 Å². The molecule has 0 amide bonds. The first kappa shape index (κ1) is 78.7. The molecular formula is C48H90Nd2O12. The summed E-state index contributed by atoms with van der Waals surface area (Å²) in [5.74, 6) is -6.69. The molecule has 0 aromatic heterocycles. The summed E-state index contributed by atoms with van der Waals surface area (Å²) in [4.78, 5) is 62.0. The molecule has 0 heterocycles. The number of aliphatic carboxylic acids is 6. The summed E-state index contributed by atoms with van der Waals surface area (Å²) in [7, 11) is 0. The summed E-state index contributed by atoms with van der Waals surface area (Å²) in [6.45, 7) is 23.7. The molecule has 362 valence electrons. The van der Waals surface area contributed by atoms with Crippen molar-refractivity contribution in [1.29, 1.82) is 0 Å². The van der Waals surface area contributed by atoms with Crippen molar-refractivity contribution in [3.63, 3.8) is 0 Å². The molecule has 0 aliphatic rings. The van der Waals surface area contributed by atoms with Crippen LogP contribution < -0.4 is 30.6 Å². The van der Waals surface area contributed by atoms with E-state index in [-0.39, 0.29) is 117 Å². The van der Waals surface area contributed by atoms with Crippen molar-refractivity contribution in [2.45, 2.75) is 237 Å². The van der Waals surface area contributed by atoms with Crippen molar-refractivity contribution >= 4 is 35.8 Å². The van der Waals surface area contributed by atoms with Crippen LogP contribution in [0.1, 0.15) is 237 Å². The van der Waals surface area contributed by atoms with Gasteiger partial charge in [0.25, 0.3) is 0 Å². The van der Waals surface area contributed by atoms with Gasteiger partial charge in [0, 0.05) is 35.8 Å². The van der Waals surface area contributed by atoms with Crippen molar-refractivity contribution in [3.8, 4) is 0 Å². The molecule has 0 aliphatic heterocycles. The predicted molar refractivity (Wildman–Crippen MR) is 230 cm³/mol. The van der Waals surface area contributed by atoms with E-state index in [0.29, 0.717) is 38.5 Å². The summed E-state index contributed by atoms with van der Waals surface area (Å²) < 4.78 is 0. The fourth-order valence-corrected chi connectivity index (χ4v) is 5.63. The quantitative estimate of drug-likeness (QED) is 0.0840. The Balaban J connectivity index is -0.0000000935. The molecule has 0 saturated carbocycles. The van der Waals surface area contributed by atoms with E-state index in [4.69, 9.17) is 0 Å². The van der Waals surface area contributed by atoms with Gasteiger partial charge in [-0.25, -0.2) is 0 Å². The van der Waals surface area contributed by atoms with E-state index >= 15 is 0 Å². The first-order chi connectivity index (χ1) is 28.3. The first-order valence-electron chi connectivity index (χ1n) is 23.6. The molecule has 0 rings (SSSR count). The minimum atomic E-state index is -0.893. The fraction of sp³-hybridized carbons (Fsp3) is 0.875. The van der Waals surface area contributed by atoms with Crippen LogP contribution in [-0.2, 0) is 28.8 Å². The third-order valence-electron chi connectivity index (χ3n) is 10.4. The Morgan fingerprint density at radius 3 is 0.403 bits per heavy atom. The second kappa shape index (κ2) is 60.5. The van der Waals surface area contributed by atoms with Gasteiger partial charge in [-0.2, -0.15) is 0 Å². The van der Waals surface area contributed by atoms with Gasteiger partial charge in [0.05, 0.1) is 0 Å². The minimum Gasteiger partial charge on any atom is -0.550 e. The van der Waals surface area contributed by atoms with E-state index in [1.54, 1.807) is 0 Å². The van der Waals surface area contributed by atoms with E-state index in [9.17, 15) is 59.4 Å². The summed E-state index contributed by atoms with van der Waals surface area (Å²) >= 11 is 0. The third-order valence-corrected chi connectivity index (χ3v) is 10.4. The van der Waals surface area contributed by atoms with E-state index in [1.807, 2.05) is 41.5 Å². The van der Waals surface area contributed by atoms with E-state index in [0.717, 1.165) is 116 Å². The zero-order chi connectivity index (χ0) is 47.9. The Labute approximate surface area is 445 Å². The molecule has 6 unspecified atom stereocenters. The van der Waals surface area contributed by atoms with Gasteiger partial charge in [0.1, 0.15) is 0 Å². The first-order valence-corrected chi connectivity index (χ1v) is 23.6. The van der Waals surface area contributed by atoms with Gasteiger partial charge in [-0.15, -0.1) is 0 Å². The number of carbonyl (C=O) groups is 6. The number of carboxylic acids is 6. The fourth-order valence-electron chi connectivity index (χ4n) is 5.63. The second-order valence-electron chi connectivity index (χ2n) is 15.4. The van der Waals surface area contributed by atoms with Gasteiger partial charge in [0.15, 0.2) is 0 Å². The molecule has 0 aromatic carbocycles. The van der Waals surface area contributed by atoms with E-state index < -0.39 is 35.8 Å². The van der Waals surface area contributed by atoms with Crippen LogP contribution in [0.25, 0.3) is 0 Å². The Hall–Kier alpha value is -0.479. The third kappa shape index (κ3) is 57.5. The second-order valence-corrected chi connectivity index (χ2v) is 15.4. The number of rotatable bonds is 30. The Kier molecular flexibility index (Phi) is 76.8. The normalized spacial score (nSPS) is 12.6. The summed E-state index contributed by atoms with van der Waals surface area (Å²) in [5.41, 5.74) is 0. The molecule has 0 bridgehead atoms. The largest absolute Gasteiger partial charge is 3.00 e. The maximum absolute atomic E-state index is 10.3. The van der Waals surface area contributed by atoms with Crippen LogP contribution in [0.15, 0.2) is 0 Å². The standard InChI is InChI=1S/6C8H16O2.2Nd/c6*1-3-5-6-7(4-2)8(9)10;;/h6*7H,3-6H2,1-2H3,(H,9,10);;/q;;;;;;2*+3/p-6. The van der Waals surface area contributed by atoms with Crippen molar-refractivity contribution in [3.05, 3.63) is 0 Å². The average Bonchev–Trinajstić information content (AvgIpc) is 3.20. The molecule has 0 fully saturated rings. The summed E-state index contributed by atoms with van der Waals surface area (Å²) in [5, 5.41) is 62.0. The van der Waals surface area contributed by atoms with Gasteiger partial charge < -0.3 is 59.4 Å². The minimum absolute atomic E-state index is 0. The van der Waals surface area contributed by atoms with E-state index in [1.165, 1.54) is 0 Å². The SMILES string of the molecule is CCCCC(CC)C(=O)[O-].CCCCC(CC)C(=O)[O-].CCCCC(CC)C(=O)[O-].CCCCC(CC)C(=O)[O-].CCCCC(CC)C(=O)[O-].CCCCC(CC)C(=O)[O-].[Nd+3].[Nd+3]. The van der Waals surface area contributed by atoms with Crippen LogP contribution in [0.3, 0.4) is 0 Å². The molecule has 12 nitrogen and oxygen atoms in total. The Morgan fingerprint density at radius 1 is 0.258 bits per heavy atom. The Morgan fingerprint density at radius 2 is 0.355 bits per heavy atom. The number of unbranched alkanes of at least 4 members (excludes halogenated alkanes) is 6. The van der Waals surface area contributed by atoms with Gasteiger partial charge in [-0.3, -0.25) is 0 Å². The molecule has 0 aliphatic carbocycles. The van der Waals surface area contributed by atoms with Crippen molar-refractivity contribution in [2.24, 2.45) is 35.5 Å². The maximum atomic E-state index is 10.3. The zero-order valence-electron chi connectivity index (χ0n) is 41.3. The van der Waals surface area contributed by atoms with Crippen LogP contribution in [0.4, 0.5) is 0 Å². The molecule has 2 radical (unpaired) electrons. The van der Waals surface area contributed by atoms with Gasteiger partial charge in [-0.05, 0) is 113 Å². The average molecular weight is 1150 g/mol. The molecular weight excluding hydrogens is 1060 g/mol. The summed E-state index contributed by atoms with van der Waals surface area (Å²) in [6.07, 6.45) is 21.1. The maximum Gasteiger partial charge on any atom is 3.00 e. The van der Waals surface area contributed by atoms with Crippen LogP contribution in [0, 0.1) is 117 Å². The van der Waals surface area contributed by atoms with Gasteiger partial charge in [-0.1, -0.05) is 160 Å². The van der Waals surface area contributed by atoms with Gasteiger partial charge >= 0.3 is 81.7 Å². The van der Waals surface area contributed by atoms with Crippen LogP contribution >= 0.6 is 0 Å². The smallest absolute Gasteiger partial charge is 0.550 e. The predicted octanol–water partition coefficient (Wildman–Crippen LogP) is 5.72. The molecule has 6 atom stereocenters. The zero-order valence-corrected chi connectivity index (χ0v) is 47.7. The van der Waals surface area contributed by atoms with Crippen molar-refractivity contribution < 1.29 is 141 Å².